The van der Waals surface area contributed by atoms with Gasteiger partial charge >= 0.3 is 0 Å². The summed E-state index contributed by atoms with van der Waals surface area (Å²) < 4.78 is 11.0. The number of hydrogen-bond donors (Lipinski definition) is 1. The molecule has 0 aliphatic carbocycles. The van der Waals surface area contributed by atoms with Crippen LogP contribution in [0.5, 0.6) is 5.75 Å². The largest absolute Gasteiger partial charge is 0.507 e. The molecule has 1 aliphatic rings. The van der Waals surface area contributed by atoms with Gasteiger partial charge in [0.1, 0.15) is 12.0 Å². The maximum Gasteiger partial charge on any atom is 0.244 e. The molecular weight excluding hydrogens is 328 g/mol. The van der Waals surface area contributed by atoms with Crippen LogP contribution in [0.4, 0.5) is 0 Å². The molecule has 24 heavy (non-hydrogen) atoms. The van der Waals surface area contributed by atoms with Crippen molar-refractivity contribution in [3.63, 3.8) is 0 Å². The van der Waals surface area contributed by atoms with E-state index in [0.29, 0.717) is 17.2 Å². The highest BCUT2D eigenvalue weighted by Crippen LogP contribution is 2.23. The third-order valence-electron chi connectivity index (χ3n) is 3.47. The predicted octanol–water partition coefficient (Wildman–Crippen LogP) is 4.24. The van der Waals surface area contributed by atoms with Gasteiger partial charge in [-0.2, -0.15) is 0 Å². The Labute approximate surface area is 144 Å². The standard InChI is InChI=1S/C19H15ClO4/c20-14-6-8-17(21)16(11-14)18(22)9-7-15-12-23-19(24-15)10-13-4-2-1-3-5-13/h1-9,11-12,19,21H,10H2. The minimum absolute atomic E-state index is 0.117. The second-order valence-corrected chi connectivity index (χ2v) is 5.69. The second kappa shape index (κ2) is 7.23. The summed E-state index contributed by atoms with van der Waals surface area (Å²) in [5.74, 6) is -0.0367. The van der Waals surface area contributed by atoms with E-state index < -0.39 is 6.29 Å². The van der Waals surface area contributed by atoms with Gasteiger partial charge in [-0.3, -0.25) is 4.79 Å². The van der Waals surface area contributed by atoms with E-state index in [-0.39, 0.29) is 17.1 Å². The van der Waals surface area contributed by atoms with Crippen LogP contribution in [0.1, 0.15) is 15.9 Å². The van der Waals surface area contributed by atoms with Gasteiger partial charge in [0, 0.05) is 11.4 Å². The molecule has 1 atom stereocenters. The Balaban J connectivity index is 1.59. The van der Waals surface area contributed by atoms with Crippen LogP contribution in [0.25, 0.3) is 0 Å². The van der Waals surface area contributed by atoms with Crippen molar-refractivity contribution in [2.75, 3.05) is 0 Å². The van der Waals surface area contributed by atoms with Gasteiger partial charge < -0.3 is 14.6 Å². The van der Waals surface area contributed by atoms with Crippen LogP contribution in [-0.4, -0.2) is 17.2 Å². The number of halogens is 1. The maximum atomic E-state index is 12.1. The normalized spacial score (nSPS) is 16.5. The number of allylic oxidation sites excluding steroid dienone is 2. The summed E-state index contributed by atoms with van der Waals surface area (Å²) in [5, 5.41) is 10.1. The number of ketones is 1. The van der Waals surface area contributed by atoms with Gasteiger partial charge in [-0.25, -0.2) is 0 Å². The number of aromatic hydroxyl groups is 1. The smallest absolute Gasteiger partial charge is 0.244 e. The molecule has 122 valence electrons. The number of carbonyl (C=O) groups is 1. The van der Waals surface area contributed by atoms with E-state index in [1.165, 1.54) is 36.6 Å². The number of ether oxygens (including phenoxy) is 2. The molecule has 5 heteroatoms. The number of rotatable bonds is 5. The molecular formula is C19H15ClO4. The summed E-state index contributed by atoms with van der Waals surface area (Å²) >= 11 is 5.84. The number of benzene rings is 2. The lowest BCUT2D eigenvalue weighted by Crippen LogP contribution is -2.11. The molecule has 1 N–H and O–H groups in total. The Bertz CT molecular complexity index is 796. The van der Waals surface area contributed by atoms with Crippen molar-refractivity contribution >= 4 is 17.4 Å². The summed E-state index contributed by atoms with van der Waals surface area (Å²) in [7, 11) is 0. The summed E-state index contributed by atoms with van der Waals surface area (Å²) in [6.07, 6.45) is 4.48. The van der Waals surface area contributed by atoms with Crippen molar-refractivity contribution in [2.45, 2.75) is 12.7 Å². The number of hydrogen-bond acceptors (Lipinski definition) is 4. The topological polar surface area (TPSA) is 55.8 Å². The molecule has 1 aliphatic heterocycles. The van der Waals surface area contributed by atoms with Crippen LogP contribution in [0.3, 0.4) is 0 Å². The Morgan fingerprint density at radius 2 is 2.00 bits per heavy atom. The van der Waals surface area contributed by atoms with Crippen molar-refractivity contribution in [3.8, 4) is 5.75 Å². The van der Waals surface area contributed by atoms with E-state index >= 15 is 0 Å². The fourth-order valence-electron chi connectivity index (χ4n) is 2.28. The maximum absolute atomic E-state index is 12.1. The van der Waals surface area contributed by atoms with Crippen molar-refractivity contribution in [3.05, 3.63) is 88.9 Å². The third kappa shape index (κ3) is 3.97. The molecule has 0 amide bonds. The summed E-state index contributed by atoms with van der Waals surface area (Å²) in [6.45, 7) is 0. The molecule has 0 fully saturated rings. The van der Waals surface area contributed by atoms with E-state index in [2.05, 4.69) is 0 Å². The van der Waals surface area contributed by atoms with Gasteiger partial charge in [0.05, 0.1) is 5.56 Å². The van der Waals surface area contributed by atoms with E-state index in [1.54, 1.807) is 0 Å². The summed E-state index contributed by atoms with van der Waals surface area (Å²) in [6, 6.07) is 14.2. The molecule has 0 radical (unpaired) electrons. The Kier molecular flexibility index (Phi) is 4.87. The fourth-order valence-corrected chi connectivity index (χ4v) is 2.45. The molecule has 0 saturated heterocycles. The lowest BCUT2D eigenvalue weighted by molar-refractivity contribution is -0.0269. The Hall–Kier alpha value is -2.72. The van der Waals surface area contributed by atoms with Gasteiger partial charge in [-0.1, -0.05) is 41.9 Å². The molecule has 0 aromatic heterocycles. The first-order valence-corrected chi connectivity index (χ1v) is 7.77. The lowest BCUT2D eigenvalue weighted by atomic mass is 10.1. The fraction of sp³-hybridized carbons (Fsp3) is 0.105. The average Bonchev–Trinajstić information content (AvgIpc) is 3.03. The quantitative estimate of drug-likeness (QED) is 0.652. The Morgan fingerprint density at radius 1 is 1.21 bits per heavy atom. The van der Waals surface area contributed by atoms with Gasteiger partial charge in [0.15, 0.2) is 11.5 Å². The van der Waals surface area contributed by atoms with Gasteiger partial charge in [0.25, 0.3) is 0 Å². The van der Waals surface area contributed by atoms with Crippen molar-refractivity contribution in [2.24, 2.45) is 0 Å². The van der Waals surface area contributed by atoms with Gasteiger partial charge in [-0.15, -0.1) is 0 Å². The minimum Gasteiger partial charge on any atom is -0.507 e. The van der Waals surface area contributed by atoms with E-state index in [9.17, 15) is 9.90 Å². The zero-order valence-electron chi connectivity index (χ0n) is 12.7. The number of phenols is 1. The molecule has 3 rings (SSSR count). The van der Waals surface area contributed by atoms with Crippen LogP contribution in [-0.2, 0) is 15.9 Å². The molecule has 2 aromatic rings. The van der Waals surface area contributed by atoms with Crippen molar-refractivity contribution in [1.82, 2.24) is 0 Å². The first kappa shape index (κ1) is 16.1. The van der Waals surface area contributed by atoms with Crippen molar-refractivity contribution in [1.29, 1.82) is 0 Å². The second-order valence-electron chi connectivity index (χ2n) is 5.25. The van der Waals surface area contributed by atoms with Crippen LogP contribution >= 0.6 is 11.6 Å². The van der Waals surface area contributed by atoms with Gasteiger partial charge in [0.2, 0.25) is 6.29 Å². The van der Waals surface area contributed by atoms with Crippen molar-refractivity contribution < 1.29 is 19.4 Å². The zero-order chi connectivity index (χ0) is 16.9. The molecule has 0 spiro atoms. The lowest BCUT2D eigenvalue weighted by Gasteiger charge is -2.10. The predicted molar refractivity (Wildman–Crippen MR) is 90.8 cm³/mol. The highest BCUT2D eigenvalue weighted by atomic mass is 35.5. The van der Waals surface area contributed by atoms with E-state index in [1.807, 2.05) is 30.3 Å². The van der Waals surface area contributed by atoms with Crippen LogP contribution in [0.15, 0.2) is 72.7 Å². The molecule has 0 saturated carbocycles. The summed E-state index contributed by atoms with van der Waals surface area (Å²) in [5.41, 5.74) is 1.24. The highest BCUT2D eigenvalue weighted by molar-refractivity contribution is 6.31. The average molecular weight is 343 g/mol. The molecule has 1 heterocycles. The molecule has 2 aromatic carbocycles. The molecule has 1 unspecified atom stereocenters. The highest BCUT2D eigenvalue weighted by Gasteiger charge is 2.18. The van der Waals surface area contributed by atoms with E-state index in [4.69, 9.17) is 21.1 Å². The van der Waals surface area contributed by atoms with Crippen LogP contribution in [0.2, 0.25) is 5.02 Å². The monoisotopic (exact) mass is 342 g/mol. The molecule has 0 bridgehead atoms. The number of phenolic OH excluding ortho intramolecular Hbond substituents is 1. The molecule has 4 nitrogen and oxygen atoms in total. The van der Waals surface area contributed by atoms with Crippen LogP contribution in [0, 0.1) is 0 Å². The van der Waals surface area contributed by atoms with Gasteiger partial charge in [-0.05, 0) is 35.9 Å². The third-order valence-corrected chi connectivity index (χ3v) is 3.71. The first-order chi connectivity index (χ1) is 11.6. The number of carbonyl (C=O) groups excluding carboxylic acids is 1. The first-order valence-electron chi connectivity index (χ1n) is 7.39. The zero-order valence-corrected chi connectivity index (χ0v) is 13.4. The minimum atomic E-state index is -0.415. The van der Waals surface area contributed by atoms with E-state index in [0.717, 1.165) is 5.56 Å². The SMILES string of the molecule is O=C(C=CC1=COC(Cc2ccccc2)O1)c1cc(Cl)ccc1O. The van der Waals surface area contributed by atoms with Crippen LogP contribution < -0.4 is 0 Å². The Morgan fingerprint density at radius 3 is 2.79 bits per heavy atom. The summed E-state index contributed by atoms with van der Waals surface area (Å²) in [4.78, 5) is 12.1.